The molecule has 96 valence electrons. The summed E-state index contributed by atoms with van der Waals surface area (Å²) in [4.78, 5) is 22.3. The molecule has 0 atom stereocenters. The number of ether oxygens (including phenoxy) is 1. The maximum atomic E-state index is 11.4. The lowest BCUT2D eigenvalue weighted by molar-refractivity contribution is -0.115. The van der Waals surface area contributed by atoms with Crippen molar-refractivity contribution in [1.82, 2.24) is 10.6 Å². The Bertz CT molecular complexity index is 617. The zero-order valence-electron chi connectivity index (χ0n) is 9.70. The van der Waals surface area contributed by atoms with Crippen LogP contribution in [0.2, 0.25) is 0 Å². The van der Waals surface area contributed by atoms with Crippen molar-refractivity contribution in [2.75, 3.05) is 6.61 Å². The Balaban J connectivity index is 2.21. The molecule has 1 aromatic rings. The van der Waals surface area contributed by atoms with Crippen LogP contribution >= 0.6 is 15.9 Å². The molecule has 0 aliphatic carbocycles. The van der Waals surface area contributed by atoms with E-state index < -0.39 is 11.9 Å². The van der Waals surface area contributed by atoms with Gasteiger partial charge in [0.25, 0.3) is 5.91 Å². The fourth-order valence-corrected chi connectivity index (χ4v) is 2.00. The first-order valence-electron chi connectivity index (χ1n) is 5.30. The second kappa shape index (κ2) is 5.59. The van der Waals surface area contributed by atoms with Crippen molar-refractivity contribution < 1.29 is 14.3 Å². The molecule has 0 aromatic heterocycles. The highest BCUT2D eigenvalue weighted by Crippen LogP contribution is 2.26. The van der Waals surface area contributed by atoms with Gasteiger partial charge in [-0.1, -0.05) is 12.0 Å². The first-order valence-corrected chi connectivity index (χ1v) is 6.09. The van der Waals surface area contributed by atoms with Gasteiger partial charge in [-0.2, -0.15) is 0 Å². The molecular weight excluding hydrogens is 312 g/mol. The van der Waals surface area contributed by atoms with Gasteiger partial charge >= 0.3 is 6.03 Å². The van der Waals surface area contributed by atoms with Crippen LogP contribution in [0.1, 0.15) is 5.56 Å². The summed E-state index contributed by atoms with van der Waals surface area (Å²) in [6, 6.07) is 4.71. The third-order valence-electron chi connectivity index (χ3n) is 2.30. The monoisotopic (exact) mass is 320 g/mol. The number of terminal acetylenes is 1. The summed E-state index contributed by atoms with van der Waals surface area (Å²) in [6.45, 7) is 0.178. The smallest absolute Gasteiger partial charge is 0.326 e. The molecule has 19 heavy (non-hydrogen) atoms. The summed E-state index contributed by atoms with van der Waals surface area (Å²) < 4.78 is 6.01. The van der Waals surface area contributed by atoms with Gasteiger partial charge in [0.2, 0.25) is 0 Å². The van der Waals surface area contributed by atoms with E-state index >= 15 is 0 Å². The summed E-state index contributed by atoms with van der Waals surface area (Å²) >= 11 is 3.34. The van der Waals surface area contributed by atoms with Gasteiger partial charge in [-0.15, -0.1) is 6.42 Å². The van der Waals surface area contributed by atoms with Crippen molar-refractivity contribution in [1.29, 1.82) is 0 Å². The van der Waals surface area contributed by atoms with E-state index in [2.05, 4.69) is 32.5 Å². The molecule has 2 N–H and O–H groups in total. The molecular formula is C13H9BrN2O3. The molecule has 1 fully saturated rings. The van der Waals surface area contributed by atoms with E-state index in [1.54, 1.807) is 24.3 Å². The summed E-state index contributed by atoms with van der Waals surface area (Å²) in [7, 11) is 0. The summed E-state index contributed by atoms with van der Waals surface area (Å²) in [5.41, 5.74) is 0.946. The van der Waals surface area contributed by atoms with E-state index in [1.165, 1.54) is 0 Å². The number of rotatable bonds is 3. The molecule has 1 aromatic carbocycles. The van der Waals surface area contributed by atoms with Crippen molar-refractivity contribution in [2.45, 2.75) is 0 Å². The minimum absolute atomic E-state index is 0.178. The normalized spacial score (nSPS) is 15.9. The number of urea groups is 1. The Morgan fingerprint density at radius 1 is 1.37 bits per heavy atom. The predicted octanol–water partition coefficient (Wildman–Crippen LogP) is 1.64. The van der Waals surface area contributed by atoms with Crippen molar-refractivity contribution in [3.63, 3.8) is 0 Å². The number of nitrogens with one attached hydrogen (secondary N) is 2. The number of hydrogen-bond acceptors (Lipinski definition) is 3. The highest BCUT2D eigenvalue weighted by Gasteiger charge is 2.22. The van der Waals surface area contributed by atoms with E-state index in [-0.39, 0.29) is 12.3 Å². The topological polar surface area (TPSA) is 67.4 Å². The Kier molecular flexibility index (Phi) is 3.88. The quantitative estimate of drug-likeness (QED) is 0.505. The molecule has 1 aliphatic heterocycles. The Morgan fingerprint density at radius 3 is 2.74 bits per heavy atom. The van der Waals surface area contributed by atoms with Gasteiger partial charge in [0.05, 0.1) is 4.47 Å². The Morgan fingerprint density at radius 2 is 2.16 bits per heavy atom. The van der Waals surface area contributed by atoms with E-state index in [0.29, 0.717) is 10.2 Å². The predicted molar refractivity (Wildman–Crippen MR) is 73.1 cm³/mol. The van der Waals surface area contributed by atoms with Crippen LogP contribution in [0.4, 0.5) is 4.79 Å². The second-order valence-electron chi connectivity index (χ2n) is 3.65. The van der Waals surface area contributed by atoms with Gasteiger partial charge in [-0.05, 0) is 39.7 Å². The lowest BCUT2D eigenvalue weighted by atomic mass is 10.2. The van der Waals surface area contributed by atoms with Gasteiger partial charge in [0.15, 0.2) is 0 Å². The third kappa shape index (κ3) is 3.14. The van der Waals surface area contributed by atoms with Crippen LogP contribution < -0.4 is 15.4 Å². The summed E-state index contributed by atoms with van der Waals surface area (Å²) in [5.74, 6) is 2.53. The zero-order valence-corrected chi connectivity index (χ0v) is 11.3. The molecule has 6 heteroatoms. The van der Waals surface area contributed by atoms with Crippen LogP contribution in [0.15, 0.2) is 28.4 Å². The average molecular weight is 321 g/mol. The van der Waals surface area contributed by atoms with Crippen LogP contribution in [0.3, 0.4) is 0 Å². The molecule has 0 spiro atoms. The highest BCUT2D eigenvalue weighted by atomic mass is 79.9. The number of carbonyl (C=O) groups excluding carboxylic acids is 2. The second-order valence-corrected chi connectivity index (χ2v) is 4.50. The van der Waals surface area contributed by atoms with Gasteiger partial charge < -0.3 is 10.1 Å². The lowest BCUT2D eigenvalue weighted by Crippen LogP contribution is -2.22. The Hall–Kier alpha value is -2.26. The molecule has 1 saturated heterocycles. The first-order chi connectivity index (χ1) is 9.10. The molecule has 0 saturated carbocycles. The van der Waals surface area contributed by atoms with E-state index in [4.69, 9.17) is 11.2 Å². The van der Waals surface area contributed by atoms with Crippen molar-refractivity contribution in [3.05, 3.63) is 33.9 Å². The first kappa shape index (κ1) is 13.2. The number of benzene rings is 1. The minimum atomic E-state index is -0.524. The van der Waals surface area contributed by atoms with Crippen LogP contribution in [0.25, 0.3) is 6.08 Å². The number of hydrogen-bond donors (Lipinski definition) is 2. The summed E-state index contributed by atoms with van der Waals surface area (Å²) in [6.07, 6.45) is 6.67. The van der Waals surface area contributed by atoms with Crippen molar-refractivity contribution in [2.24, 2.45) is 0 Å². The maximum absolute atomic E-state index is 11.4. The zero-order chi connectivity index (χ0) is 13.8. The Labute approximate surface area is 118 Å². The minimum Gasteiger partial charge on any atom is -0.480 e. The molecule has 1 heterocycles. The van der Waals surface area contributed by atoms with Crippen LogP contribution in [0.5, 0.6) is 5.75 Å². The fourth-order valence-electron chi connectivity index (χ4n) is 1.49. The molecule has 0 unspecified atom stereocenters. The molecule has 3 amide bonds. The number of halogens is 1. The number of imide groups is 1. The third-order valence-corrected chi connectivity index (χ3v) is 2.92. The largest absolute Gasteiger partial charge is 0.480 e. The van der Waals surface area contributed by atoms with E-state index in [0.717, 1.165) is 5.56 Å². The van der Waals surface area contributed by atoms with Crippen LogP contribution in [-0.2, 0) is 4.79 Å². The van der Waals surface area contributed by atoms with Gasteiger partial charge in [-0.3, -0.25) is 10.1 Å². The highest BCUT2D eigenvalue weighted by molar-refractivity contribution is 9.10. The number of amides is 3. The summed E-state index contributed by atoms with van der Waals surface area (Å²) in [5, 5.41) is 4.53. The van der Waals surface area contributed by atoms with Gasteiger partial charge in [-0.25, -0.2) is 4.79 Å². The molecule has 2 rings (SSSR count). The SMILES string of the molecule is C#CCOc1ccc(C=C2NC(=O)NC2=O)cc1Br. The average Bonchev–Trinajstić information content (AvgIpc) is 2.67. The molecule has 0 radical (unpaired) electrons. The number of carbonyl (C=O) groups is 2. The van der Waals surface area contributed by atoms with Crippen molar-refractivity contribution >= 4 is 33.9 Å². The molecule has 0 bridgehead atoms. The fraction of sp³-hybridized carbons (Fsp3) is 0.0769. The van der Waals surface area contributed by atoms with Crippen LogP contribution in [0, 0.1) is 12.3 Å². The van der Waals surface area contributed by atoms with Gasteiger partial charge in [0.1, 0.15) is 18.1 Å². The van der Waals surface area contributed by atoms with E-state index in [1.807, 2.05) is 0 Å². The van der Waals surface area contributed by atoms with Crippen molar-refractivity contribution in [3.8, 4) is 18.1 Å². The maximum Gasteiger partial charge on any atom is 0.326 e. The standard InChI is InChI=1S/C13H9BrN2O3/c1-2-5-19-11-4-3-8(6-9(11)14)7-10-12(17)16-13(18)15-10/h1,3-4,6-7H,5H2,(H2,15,16,17,18). The molecule has 1 aliphatic rings. The van der Waals surface area contributed by atoms with E-state index in [9.17, 15) is 9.59 Å². The molecule has 5 nitrogen and oxygen atoms in total. The lowest BCUT2D eigenvalue weighted by Gasteiger charge is -2.05. The van der Waals surface area contributed by atoms with Crippen LogP contribution in [-0.4, -0.2) is 18.5 Å². The van der Waals surface area contributed by atoms with Gasteiger partial charge in [0, 0.05) is 0 Å².